The summed E-state index contributed by atoms with van der Waals surface area (Å²) in [6.45, 7) is 37.9. The first-order valence-corrected chi connectivity index (χ1v) is 27.6. The Morgan fingerprint density at radius 2 is 0.854 bits per heavy atom. The van der Waals surface area contributed by atoms with Crippen LogP contribution in [0.4, 0.5) is 0 Å². The Hall–Kier alpha value is -1.89. The Balaban J connectivity index is 4.04. The van der Waals surface area contributed by atoms with Gasteiger partial charge in [-0.25, -0.2) is 0 Å². The Morgan fingerprint density at radius 1 is 0.479 bits per heavy atom. The van der Waals surface area contributed by atoms with Crippen LogP contribution < -0.4 is 0 Å². The topological polar surface area (TPSA) is 0 Å². The molecule has 0 aliphatic rings. The Bertz CT molecular complexity index is 1270. The predicted molar refractivity (Wildman–Crippen MR) is 227 cm³/mol. The summed E-state index contributed by atoms with van der Waals surface area (Å²) in [7, 11) is -5.40. The fourth-order valence-electron chi connectivity index (χ4n) is 8.17. The van der Waals surface area contributed by atoms with E-state index in [1.807, 2.05) is 0 Å². The lowest BCUT2D eigenvalue weighted by atomic mass is 9.95. The van der Waals surface area contributed by atoms with E-state index in [9.17, 15) is 0 Å². The maximum absolute atomic E-state index is 4.04. The number of hydrogen-bond acceptors (Lipinski definition) is 0. The molecule has 0 N–H and O–H groups in total. The second-order valence-electron chi connectivity index (χ2n) is 17.3. The second-order valence-corrected chi connectivity index (χ2v) is 33.2. The van der Waals surface area contributed by atoms with Gasteiger partial charge in [-0.05, 0) is 75.6 Å². The highest BCUT2D eigenvalue weighted by atomic mass is 28.3. The molecule has 0 atom stereocenters. The molecule has 0 aliphatic heterocycles. The van der Waals surface area contributed by atoms with Gasteiger partial charge in [0.05, 0.1) is 5.56 Å². The smallest absolute Gasteiger partial charge is 0.125 e. The molecule has 0 fully saturated rings. The molecule has 0 saturated heterocycles. The minimum absolute atomic E-state index is 0.580. The Labute approximate surface area is 304 Å². The first kappa shape index (κ1) is 44.1. The van der Waals surface area contributed by atoms with Crippen LogP contribution in [0, 0.1) is 46.2 Å². The van der Waals surface area contributed by atoms with E-state index in [1.165, 1.54) is 56.9 Å². The van der Waals surface area contributed by atoms with E-state index in [1.54, 1.807) is 0 Å². The van der Waals surface area contributed by atoms with Gasteiger partial charge in [-0.1, -0.05) is 172 Å². The zero-order chi connectivity index (χ0) is 36.7. The van der Waals surface area contributed by atoms with Gasteiger partial charge in [0, 0.05) is 11.1 Å². The lowest BCUT2D eigenvalue weighted by Gasteiger charge is -2.38. The van der Waals surface area contributed by atoms with Crippen LogP contribution in [0.3, 0.4) is 0 Å². The molecule has 0 nitrogen and oxygen atoms in total. The standard InChI is InChI=1S/C45H74Si3/c1-17-18-19-20-21-22-23-24-27-42-34-43(29-32-47(36(2)3,37(4)5)38(6)7)45(28-25-26-31-46(14,15)16)44(35-42)30-33-48(39(8)9,40(10)11)41(12)13/h34-41H,17-24,27H2,1-16H3. The van der Waals surface area contributed by atoms with Crippen molar-refractivity contribution in [1.82, 2.24) is 0 Å². The normalized spacial score (nSPS) is 12.1. The zero-order valence-electron chi connectivity index (χ0n) is 34.5. The van der Waals surface area contributed by atoms with Gasteiger partial charge in [-0.2, -0.15) is 0 Å². The molecule has 1 rings (SSSR count). The van der Waals surface area contributed by atoms with Gasteiger partial charge in [0.15, 0.2) is 0 Å². The van der Waals surface area contributed by atoms with E-state index >= 15 is 0 Å². The van der Waals surface area contributed by atoms with E-state index in [2.05, 4.69) is 168 Å². The van der Waals surface area contributed by atoms with Gasteiger partial charge >= 0.3 is 0 Å². The summed E-state index contributed by atoms with van der Waals surface area (Å²) in [6.07, 6.45) is 11.7. The lowest BCUT2D eigenvalue weighted by molar-refractivity contribution is 0.575. The van der Waals surface area contributed by atoms with E-state index in [0.717, 1.165) is 23.1 Å². The van der Waals surface area contributed by atoms with Crippen LogP contribution in [0.25, 0.3) is 0 Å². The highest BCUT2D eigenvalue weighted by molar-refractivity contribution is 6.91. The highest BCUT2D eigenvalue weighted by Crippen LogP contribution is 2.42. The molecule has 0 saturated carbocycles. The van der Waals surface area contributed by atoms with Crippen molar-refractivity contribution < 1.29 is 0 Å². The van der Waals surface area contributed by atoms with Crippen LogP contribution in [0.1, 0.15) is 164 Å². The van der Waals surface area contributed by atoms with Crippen LogP contribution in [-0.2, 0) is 6.42 Å². The summed E-state index contributed by atoms with van der Waals surface area (Å²) in [5.74, 6) is 17.8. The third-order valence-electron chi connectivity index (χ3n) is 10.8. The first-order chi connectivity index (χ1) is 22.4. The van der Waals surface area contributed by atoms with Crippen LogP contribution in [0.15, 0.2) is 12.1 Å². The number of rotatable bonds is 15. The number of aryl methyl sites for hydroxylation is 1. The van der Waals surface area contributed by atoms with Crippen molar-refractivity contribution in [3.63, 3.8) is 0 Å². The van der Waals surface area contributed by atoms with Crippen LogP contribution >= 0.6 is 0 Å². The largest absolute Gasteiger partial charge is 0.146 e. The maximum Gasteiger partial charge on any atom is 0.146 e. The van der Waals surface area contributed by atoms with E-state index < -0.39 is 24.2 Å². The summed E-state index contributed by atoms with van der Waals surface area (Å²) in [4.78, 5) is 0. The van der Waals surface area contributed by atoms with Crippen LogP contribution in [-0.4, -0.2) is 24.2 Å². The van der Waals surface area contributed by atoms with Crippen molar-refractivity contribution in [2.45, 2.75) is 201 Å². The fourth-order valence-corrected chi connectivity index (χ4v) is 19.0. The van der Waals surface area contributed by atoms with Crippen molar-refractivity contribution in [2.24, 2.45) is 0 Å². The molecular weight excluding hydrogens is 625 g/mol. The summed E-state index contributed by atoms with van der Waals surface area (Å²) in [6, 6.07) is 4.74. The third kappa shape index (κ3) is 12.8. The predicted octanol–water partition coefficient (Wildman–Crippen LogP) is 13.7. The van der Waals surface area contributed by atoms with Gasteiger partial charge in [0.2, 0.25) is 0 Å². The van der Waals surface area contributed by atoms with E-state index in [-0.39, 0.29) is 0 Å². The van der Waals surface area contributed by atoms with Gasteiger partial charge in [0.1, 0.15) is 24.2 Å². The van der Waals surface area contributed by atoms with Crippen molar-refractivity contribution in [3.8, 4) is 46.2 Å². The summed E-state index contributed by atoms with van der Waals surface area (Å²) in [5.41, 5.74) is 19.5. The van der Waals surface area contributed by atoms with Crippen LogP contribution in [0.5, 0.6) is 0 Å². The maximum atomic E-state index is 4.04. The van der Waals surface area contributed by atoms with Gasteiger partial charge in [0.25, 0.3) is 0 Å². The molecule has 0 aromatic heterocycles. The van der Waals surface area contributed by atoms with Gasteiger partial charge < -0.3 is 0 Å². The molecule has 266 valence electrons. The average molecular weight is 699 g/mol. The molecule has 1 aromatic rings. The molecule has 0 radical (unpaired) electrons. The summed E-state index contributed by atoms with van der Waals surface area (Å²) in [5, 5.41) is 0. The fraction of sp³-hybridized carbons (Fsp3) is 0.689. The minimum atomic E-state index is -1.94. The number of hydrogen-bond donors (Lipinski definition) is 0. The van der Waals surface area contributed by atoms with E-state index in [4.69, 9.17) is 0 Å². The molecule has 0 spiro atoms. The Kier molecular flexibility index (Phi) is 19.0. The SMILES string of the molecule is CCCCCCCCCCc1cc(C#C[Si](C(C)C)(C(C)C)C(C)C)c(C#CC#C[Si](C)(C)C)c(C#C[Si](C(C)C)(C(C)C)C(C)C)c1. The Morgan fingerprint density at radius 3 is 1.21 bits per heavy atom. The molecule has 48 heavy (non-hydrogen) atoms. The number of benzene rings is 1. The highest BCUT2D eigenvalue weighted by Gasteiger charge is 2.42. The van der Waals surface area contributed by atoms with Crippen molar-refractivity contribution >= 4 is 24.2 Å². The van der Waals surface area contributed by atoms with Crippen LogP contribution in [0.2, 0.25) is 52.9 Å². The zero-order valence-corrected chi connectivity index (χ0v) is 37.5. The van der Waals surface area contributed by atoms with Gasteiger partial charge in [-0.3, -0.25) is 0 Å². The van der Waals surface area contributed by atoms with Crippen molar-refractivity contribution in [2.75, 3.05) is 0 Å². The summed E-state index contributed by atoms with van der Waals surface area (Å²) < 4.78 is 0. The molecule has 0 amide bonds. The summed E-state index contributed by atoms with van der Waals surface area (Å²) >= 11 is 0. The van der Waals surface area contributed by atoms with E-state index in [0.29, 0.717) is 33.2 Å². The molecule has 0 heterocycles. The lowest BCUT2D eigenvalue weighted by Crippen LogP contribution is -2.43. The monoisotopic (exact) mass is 699 g/mol. The molecule has 1 aromatic carbocycles. The quantitative estimate of drug-likeness (QED) is 0.0971. The third-order valence-corrected chi connectivity index (χ3v) is 24.2. The molecular formula is C45H74Si3. The molecule has 3 heteroatoms. The first-order valence-electron chi connectivity index (χ1n) is 19.6. The number of unbranched alkanes of at least 4 members (excludes halogenated alkanes) is 7. The molecule has 0 unspecified atom stereocenters. The van der Waals surface area contributed by atoms with Crippen molar-refractivity contribution in [3.05, 3.63) is 34.4 Å². The average Bonchev–Trinajstić information content (AvgIpc) is 2.96. The van der Waals surface area contributed by atoms with Gasteiger partial charge in [-0.15, -0.1) is 16.6 Å². The molecule has 0 aliphatic carbocycles. The second kappa shape index (κ2) is 20.7. The minimum Gasteiger partial charge on any atom is -0.125 e. The molecule has 0 bridgehead atoms. The van der Waals surface area contributed by atoms with Crippen molar-refractivity contribution in [1.29, 1.82) is 0 Å².